The highest BCUT2D eigenvalue weighted by atomic mass is 35.5. The van der Waals surface area contributed by atoms with E-state index in [9.17, 15) is 19.2 Å². The molecule has 35 heavy (non-hydrogen) atoms. The number of hydrogen-bond donors (Lipinski definition) is 2. The molecule has 3 aromatic rings. The zero-order chi connectivity index (χ0) is 25.2. The van der Waals surface area contributed by atoms with Crippen LogP contribution in [0.15, 0.2) is 78.9 Å². The smallest absolute Gasteiger partial charge is 0.340 e. The Kier molecular flexibility index (Phi) is 8.97. The van der Waals surface area contributed by atoms with Gasteiger partial charge in [0.2, 0.25) is 0 Å². The number of para-hydroxylation sites is 1. The molecule has 0 saturated heterocycles. The molecule has 0 aliphatic carbocycles. The Morgan fingerprint density at radius 1 is 0.886 bits per heavy atom. The molecule has 0 bridgehead atoms. The molecule has 3 aromatic carbocycles. The van der Waals surface area contributed by atoms with Crippen molar-refractivity contribution in [2.24, 2.45) is 0 Å². The van der Waals surface area contributed by atoms with Crippen LogP contribution in [0.4, 0.5) is 5.69 Å². The van der Waals surface area contributed by atoms with E-state index < -0.39 is 36.4 Å². The number of halogens is 1. The van der Waals surface area contributed by atoms with Gasteiger partial charge in [-0.3, -0.25) is 9.59 Å². The Morgan fingerprint density at radius 3 is 2.23 bits per heavy atom. The first-order valence-electron chi connectivity index (χ1n) is 10.6. The third kappa shape index (κ3) is 7.41. The summed E-state index contributed by atoms with van der Waals surface area (Å²) in [5, 5.41) is 5.66. The lowest BCUT2D eigenvalue weighted by Gasteiger charge is -2.17. The Bertz CT molecular complexity index is 1200. The second kappa shape index (κ2) is 12.3. The van der Waals surface area contributed by atoms with Gasteiger partial charge in [0.05, 0.1) is 18.4 Å². The Labute approximate surface area is 207 Å². The number of methoxy groups -OCH3 is 1. The minimum atomic E-state index is -0.945. The fourth-order valence-electron chi connectivity index (χ4n) is 3.20. The summed E-state index contributed by atoms with van der Waals surface area (Å²) in [6.07, 6.45) is 0.215. The number of rotatable bonds is 9. The number of carbonyl (C=O) groups excluding carboxylic acids is 4. The zero-order valence-corrected chi connectivity index (χ0v) is 19.6. The van der Waals surface area contributed by atoms with Gasteiger partial charge in [-0.05, 0) is 42.0 Å². The quantitative estimate of drug-likeness (QED) is 0.439. The summed E-state index contributed by atoms with van der Waals surface area (Å²) in [7, 11) is 1.22. The lowest BCUT2D eigenvalue weighted by atomic mass is 10.1. The van der Waals surface area contributed by atoms with E-state index in [1.807, 2.05) is 30.3 Å². The van der Waals surface area contributed by atoms with Crippen LogP contribution in [-0.2, 0) is 25.5 Å². The van der Waals surface area contributed by atoms with Crippen molar-refractivity contribution >= 4 is 41.0 Å². The van der Waals surface area contributed by atoms with Gasteiger partial charge in [0, 0.05) is 17.0 Å². The molecule has 1 atom stereocenters. The number of hydrogen-bond acceptors (Lipinski definition) is 6. The summed E-state index contributed by atoms with van der Waals surface area (Å²) in [4.78, 5) is 49.7. The molecule has 0 radical (unpaired) electrons. The van der Waals surface area contributed by atoms with Gasteiger partial charge < -0.3 is 20.1 Å². The Balaban J connectivity index is 1.61. The number of esters is 2. The van der Waals surface area contributed by atoms with Crippen LogP contribution < -0.4 is 10.6 Å². The van der Waals surface area contributed by atoms with Gasteiger partial charge in [0.25, 0.3) is 11.8 Å². The molecular formula is C26H23ClN2O6. The van der Waals surface area contributed by atoms with E-state index in [1.54, 1.807) is 36.4 Å². The molecule has 0 heterocycles. The molecule has 0 aliphatic heterocycles. The summed E-state index contributed by atoms with van der Waals surface area (Å²) >= 11 is 5.85. The summed E-state index contributed by atoms with van der Waals surface area (Å²) in [6.45, 7) is -0.624. The highest BCUT2D eigenvalue weighted by molar-refractivity contribution is 6.30. The summed E-state index contributed by atoms with van der Waals surface area (Å²) in [5.41, 5.74) is 1.46. The van der Waals surface area contributed by atoms with Crippen molar-refractivity contribution in [3.63, 3.8) is 0 Å². The minimum absolute atomic E-state index is 0.0661. The Morgan fingerprint density at radius 2 is 1.54 bits per heavy atom. The number of nitrogens with one attached hydrogen (secondary N) is 2. The molecule has 0 aliphatic rings. The van der Waals surface area contributed by atoms with Crippen molar-refractivity contribution in [2.75, 3.05) is 19.0 Å². The zero-order valence-electron chi connectivity index (χ0n) is 18.8. The summed E-state index contributed by atoms with van der Waals surface area (Å²) in [5.74, 6) is -2.55. The topological polar surface area (TPSA) is 111 Å². The predicted octanol–water partition coefficient (Wildman–Crippen LogP) is 3.65. The van der Waals surface area contributed by atoms with Gasteiger partial charge in [-0.15, -0.1) is 0 Å². The van der Waals surface area contributed by atoms with Gasteiger partial charge in [-0.25, -0.2) is 9.59 Å². The Hall–Kier alpha value is -4.17. The van der Waals surface area contributed by atoms with E-state index in [1.165, 1.54) is 19.2 Å². The van der Waals surface area contributed by atoms with Gasteiger partial charge in [0.15, 0.2) is 6.61 Å². The molecule has 0 spiro atoms. The normalized spacial score (nSPS) is 11.1. The lowest BCUT2D eigenvalue weighted by molar-refractivity contribution is -0.145. The fraction of sp³-hybridized carbons (Fsp3) is 0.154. The largest absolute Gasteiger partial charge is 0.467 e. The molecule has 8 nitrogen and oxygen atoms in total. The molecule has 0 saturated carbocycles. The van der Waals surface area contributed by atoms with E-state index in [0.717, 1.165) is 5.56 Å². The second-order valence-electron chi connectivity index (χ2n) is 7.42. The maximum Gasteiger partial charge on any atom is 0.340 e. The van der Waals surface area contributed by atoms with Crippen LogP contribution in [-0.4, -0.2) is 43.5 Å². The monoisotopic (exact) mass is 494 g/mol. The van der Waals surface area contributed by atoms with Crippen LogP contribution in [0, 0.1) is 0 Å². The molecule has 1 unspecified atom stereocenters. The van der Waals surface area contributed by atoms with Crippen LogP contribution >= 0.6 is 11.6 Å². The van der Waals surface area contributed by atoms with Gasteiger partial charge in [-0.1, -0.05) is 54.1 Å². The van der Waals surface area contributed by atoms with Crippen LogP contribution in [0.2, 0.25) is 5.02 Å². The molecule has 180 valence electrons. The van der Waals surface area contributed by atoms with E-state index >= 15 is 0 Å². The highest BCUT2D eigenvalue weighted by Crippen LogP contribution is 2.18. The molecule has 0 fully saturated rings. The highest BCUT2D eigenvalue weighted by Gasteiger charge is 2.23. The van der Waals surface area contributed by atoms with Crippen LogP contribution in [0.1, 0.15) is 26.3 Å². The predicted molar refractivity (Wildman–Crippen MR) is 130 cm³/mol. The number of benzene rings is 3. The number of ether oxygens (including phenoxy) is 2. The molecule has 9 heteroatoms. The third-order valence-corrected chi connectivity index (χ3v) is 5.19. The van der Waals surface area contributed by atoms with Crippen molar-refractivity contribution in [2.45, 2.75) is 12.5 Å². The van der Waals surface area contributed by atoms with E-state index in [-0.39, 0.29) is 17.7 Å². The van der Waals surface area contributed by atoms with Crippen molar-refractivity contribution in [1.82, 2.24) is 5.32 Å². The van der Waals surface area contributed by atoms with Gasteiger partial charge in [0.1, 0.15) is 6.04 Å². The third-order valence-electron chi connectivity index (χ3n) is 4.94. The molecule has 3 rings (SSSR count). The van der Waals surface area contributed by atoms with Crippen molar-refractivity contribution in [3.05, 3.63) is 101 Å². The van der Waals surface area contributed by atoms with Crippen molar-refractivity contribution < 1.29 is 28.7 Å². The standard InChI is InChI=1S/C26H23ClN2O6/c1-34-26(33)22(15-17-7-3-2-4-8-17)28-23(30)16-35-25(32)20-9-5-6-10-21(20)29-24(31)18-11-13-19(27)14-12-18/h2-14,22H,15-16H2,1H3,(H,28,30)(H,29,31). The van der Waals surface area contributed by atoms with E-state index in [4.69, 9.17) is 21.1 Å². The minimum Gasteiger partial charge on any atom is -0.467 e. The van der Waals surface area contributed by atoms with Gasteiger partial charge in [-0.2, -0.15) is 0 Å². The van der Waals surface area contributed by atoms with Crippen molar-refractivity contribution in [3.8, 4) is 0 Å². The number of anilines is 1. The number of amides is 2. The van der Waals surface area contributed by atoms with E-state index in [2.05, 4.69) is 10.6 Å². The van der Waals surface area contributed by atoms with Crippen LogP contribution in [0.5, 0.6) is 0 Å². The maximum absolute atomic E-state index is 12.6. The summed E-state index contributed by atoms with van der Waals surface area (Å²) in [6, 6.07) is 20.7. The summed E-state index contributed by atoms with van der Waals surface area (Å²) < 4.78 is 9.89. The van der Waals surface area contributed by atoms with Crippen LogP contribution in [0.25, 0.3) is 0 Å². The SMILES string of the molecule is COC(=O)C(Cc1ccccc1)NC(=O)COC(=O)c1ccccc1NC(=O)c1ccc(Cl)cc1. The molecule has 0 aromatic heterocycles. The van der Waals surface area contributed by atoms with E-state index in [0.29, 0.717) is 10.6 Å². The second-order valence-corrected chi connectivity index (χ2v) is 7.85. The number of carbonyl (C=O) groups is 4. The maximum atomic E-state index is 12.6. The fourth-order valence-corrected chi connectivity index (χ4v) is 3.32. The first-order chi connectivity index (χ1) is 16.9. The molecule has 2 amide bonds. The lowest BCUT2D eigenvalue weighted by Crippen LogP contribution is -2.44. The first-order valence-corrected chi connectivity index (χ1v) is 11.0. The van der Waals surface area contributed by atoms with Gasteiger partial charge >= 0.3 is 11.9 Å². The average Bonchev–Trinajstić information content (AvgIpc) is 2.87. The molecular weight excluding hydrogens is 472 g/mol. The molecule has 2 N–H and O–H groups in total. The van der Waals surface area contributed by atoms with Crippen LogP contribution in [0.3, 0.4) is 0 Å². The first kappa shape index (κ1) is 25.5. The average molecular weight is 495 g/mol. The van der Waals surface area contributed by atoms with Crippen molar-refractivity contribution in [1.29, 1.82) is 0 Å².